The first kappa shape index (κ1) is 16.1. The van der Waals surface area contributed by atoms with Crippen molar-refractivity contribution in [3.63, 3.8) is 0 Å². The molecular weight excluding hydrogens is 286 g/mol. The van der Waals surface area contributed by atoms with Crippen LogP contribution in [0.4, 0.5) is 0 Å². The minimum atomic E-state index is -0.0414. The minimum Gasteiger partial charge on any atom is -0.497 e. The molecule has 2 aliphatic rings. The molecule has 3 rings (SSSR count). The highest BCUT2D eigenvalue weighted by Crippen LogP contribution is 2.33. The Balaban J connectivity index is 1.94. The van der Waals surface area contributed by atoms with Gasteiger partial charge in [-0.05, 0) is 50.8 Å². The molecular formula is C20H27NO2. The van der Waals surface area contributed by atoms with Crippen LogP contribution < -0.4 is 10.1 Å². The molecule has 23 heavy (non-hydrogen) atoms. The third-order valence-corrected chi connectivity index (χ3v) is 5.01. The van der Waals surface area contributed by atoms with Gasteiger partial charge in [0, 0.05) is 28.8 Å². The van der Waals surface area contributed by atoms with Crippen molar-refractivity contribution in [1.82, 2.24) is 5.32 Å². The fourth-order valence-electron chi connectivity index (χ4n) is 3.80. The van der Waals surface area contributed by atoms with Crippen molar-refractivity contribution in [1.29, 1.82) is 0 Å². The predicted octanol–water partition coefficient (Wildman–Crippen LogP) is 4.11. The topological polar surface area (TPSA) is 38.3 Å². The number of rotatable bonds is 3. The van der Waals surface area contributed by atoms with E-state index in [9.17, 15) is 4.79 Å². The zero-order valence-corrected chi connectivity index (χ0v) is 14.4. The van der Waals surface area contributed by atoms with Gasteiger partial charge in [-0.15, -0.1) is 0 Å². The molecule has 1 saturated carbocycles. The lowest BCUT2D eigenvalue weighted by Gasteiger charge is -2.36. The van der Waals surface area contributed by atoms with Crippen molar-refractivity contribution in [2.75, 3.05) is 7.11 Å². The molecule has 0 bridgehead atoms. The molecule has 3 heteroatoms. The average Bonchev–Trinajstić information content (AvgIpc) is 2.54. The van der Waals surface area contributed by atoms with Gasteiger partial charge in [-0.2, -0.15) is 0 Å². The number of carbonyl (C=O) groups is 1. The van der Waals surface area contributed by atoms with Crippen LogP contribution in [0.1, 0.15) is 57.1 Å². The van der Waals surface area contributed by atoms with E-state index in [0.717, 1.165) is 36.3 Å². The van der Waals surface area contributed by atoms with E-state index in [2.05, 4.69) is 25.2 Å². The molecule has 0 unspecified atom stereocenters. The molecule has 124 valence electrons. The molecule has 1 fully saturated rings. The highest BCUT2D eigenvalue weighted by atomic mass is 16.5. The molecule has 1 heterocycles. The quantitative estimate of drug-likeness (QED) is 0.854. The van der Waals surface area contributed by atoms with Gasteiger partial charge in [0.25, 0.3) is 0 Å². The van der Waals surface area contributed by atoms with Gasteiger partial charge in [0.05, 0.1) is 7.11 Å². The summed E-state index contributed by atoms with van der Waals surface area (Å²) in [6, 6.07) is 6.16. The molecule has 1 aromatic rings. The van der Waals surface area contributed by atoms with E-state index in [-0.39, 0.29) is 17.2 Å². The molecule has 1 aliphatic carbocycles. The van der Waals surface area contributed by atoms with Crippen molar-refractivity contribution in [3.8, 4) is 5.75 Å². The Morgan fingerprint density at radius 1 is 1.26 bits per heavy atom. The number of carbonyl (C=O) groups excluding carboxylic acids is 1. The monoisotopic (exact) mass is 313 g/mol. The van der Waals surface area contributed by atoms with E-state index in [1.54, 1.807) is 7.11 Å². The van der Waals surface area contributed by atoms with Crippen LogP contribution in [0.5, 0.6) is 5.75 Å². The van der Waals surface area contributed by atoms with Gasteiger partial charge in [0.15, 0.2) is 5.78 Å². The van der Waals surface area contributed by atoms with Crippen LogP contribution >= 0.6 is 0 Å². The average molecular weight is 313 g/mol. The first-order valence-corrected chi connectivity index (χ1v) is 8.69. The lowest BCUT2D eigenvalue weighted by atomic mass is 9.83. The standard InChI is InChI=1S/C20H27NO2/c1-20(2)13-15-9-10-16(23-3)11-17(15)18(21-20)12-19(22)14-7-5-4-6-8-14/h9-12,14,21H,4-8,13H2,1-3H3/b18-12-. The van der Waals surface area contributed by atoms with Crippen molar-refractivity contribution < 1.29 is 9.53 Å². The van der Waals surface area contributed by atoms with Crippen LogP contribution in [0.2, 0.25) is 0 Å². The van der Waals surface area contributed by atoms with Gasteiger partial charge in [-0.1, -0.05) is 25.3 Å². The van der Waals surface area contributed by atoms with Gasteiger partial charge in [0.2, 0.25) is 0 Å². The van der Waals surface area contributed by atoms with Crippen LogP contribution in [-0.2, 0) is 11.2 Å². The lowest BCUT2D eigenvalue weighted by Crippen LogP contribution is -2.44. The summed E-state index contributed by atoms with van der Waals surface area (Å²) in [6.45, 7) is 4.36. The largest absolute Gasteiger partial charge is 0.497 e. The Kier molecular flexibility index (Phi) is 4.47. The van der Waals surface area contributed by atoms with E-state index in [4.69, 9.17) is 4.74 Å². The maximum Gasteiger partial charge on any atom is 0.160 e. The molecule has 1 aromatic carbocycles. The third kappa shape index (κ3) is 3.60. The van der Waals surface area contributed by atoms with Crippen LogP contribution in [0, 0.1) is 5.92 Å². The Hall–Kier alpha value is -1.77. The number of allylic oxidation sites excluding steroid dienone is 1. The molecule has 0 aromatic heterocycles. The summed E-state index contributed by atoms with van der Waals surface area (Å²) in [7, 11) is 1.68. The lowest BCUT2D eigenvalue weighted by molar-refractivity contribution is -0.119. The molecule has 0 spiro atoms. The van der Waals surface area contributed by atoms with E-state index in [1.165, 1.54) is 24.8 Å². The number of benzene rings is 1. The fourth-order valence-corrected chi connectivity index (χ4v) is 3.80. The van der Waals surface area contributed by atoms with Crippen molar-refractivity contribution in [2.45, 2.75) is 57.9 Å². The van der Waals surface area contributed by atoms with Gasteiger partial charge in [-0.25, -0.2) is 0 Å². The molecule has 0 radical (unpaired) electrons. The molecule has 0 atom stereocenters. The molecule has 0 amide bonds. The molecule has 1 N–H and O–H groups in total. The third-order valence-electron chi connectivity index (χ3n) is 5.01. The van der Waals surface area contributed by atoms with Gasteiger partial charge < -0.3 is 10.1 Å². The van der Waals surface area contributed by atoms with E-state index >= 15 is 0 Å². The second kappa shape index (κ2) is 6.38. The number of hydrogen-bond acceptors (Lipinski definition) is 3. The van der Waals surface area contributed by atoms with Crippen LogP contribution in [0.15, 0.2) is 24.3 Å². The number of nitrogens with one attached hydrogen (secondary N) is 1. The molecule has 0 saturated heterocycles. The second-order valence-corrected chi connectivity index (χ2v) is 7.50. The van der Waals surface area contributed by atoms with Gasteiger partial charge >= 0.3 is 0 Å². The highest BCUT2D eigenvalue weighted by Gasteiger charge is 2.29. The summed E-state index contributed by atoms with van der Waals surface area (Å²) in [4.78, 5) is 12.7. The van der Waals surface area contributed by atoms with E-state index in [0.29, 0.717) is 0 Å². The Morgan fingerprint density at radius 3 is 2.70 bits per heavy atom. The summed E-state index contributed by atoms with van der Waals surface area (Å²) in [5, 5.41) is 3.55. The van der Waals surface area contributed by atoms with Crippen molar-refractivity contribution in [2.24, 2.45) is 5.92 Å². The van der Waals surface area contributed by atoms with Crippen molar-refractivity contribution in [3.05, 3.63) is 35.4 Å². The zero-order chi connectivity index (χ0) is 16.4. The number of ketones is 1. The summed E-state index contributed by atoms with van der Waals surface area (Å²) in [5.74, 6) is 1.32. The minimum absolute atomic E-state index is 0.0414. The number of hydrogen-bond donors (Lipinski definition) is 1. The maximum atomic E-state index is 12.7. The van der Waals surface area contributed by atoms with E-state index in [1.807, 2.05) is 18.2 Å². The summed E-state index contributed by atoms with van der Waals surface area (Å²) in [6.07, 6.45) is 8.50. The normalized spacial score (nSPS) is 22.3. The van der Waals surface area contributed by atoms with Crippen LogP contribution in [-0.4, -0.2) is 18.4 Å². The first-order valence-electron chi connectivity index (χ1n) is 8.69. The fraction of sp³-hybridized carbons (Fsp3) is 0.550. The van der Waals surface area contributed by atoms with Crippen LogP contribution in [0.25, 0.3) is 5.70 Å². The molecule has 1 aliphatic heterocycles. The Bertz CT molecular complexity index is 625. The first-order chi connectivity index (χ1) is 11.0. The van der Waals surface area contributed by atoms with Gasteiger partial charge in [-0.3, -0.25) is 4.79 Å². The number of ether oxygens (including phenoxy) is 1. The Morgan fingerprint density at radius 2 is 2.00 bits per heavy atom. The number of methoxy groups -OCH3 is 1. The highest BCUT2D eigenvalue weighted by molar-refractivity contribution is 5.98. The SMILES string of the molecule is COc1ccc2c(c1)/C(=C/C(=O)C1CCCCC1)NC(C)(C)C2. The Labute approximate surface area is 139 Å². The summed E-state index contributed by atoms with van der Waals surface area (Å²) in [5.41, 5.74) is 3.29. The maximum absolute atomic E-state index is 12.7. The smallest absolute Gasteiger partial charge is 0.160 e. The number of fused-ring (bicyclic) bond motifs is 1. The predicted molar refractivity (Wildman–Crippen MR) is 93.5 cm³/mol. The summed E-state index contributed by atoms with van der Waals surface area (Å²) >= 11 is 0. The summed E-state index contributed by atoms with van der Waals surface area (Å²) < 4.78 is 5.36. The molecule has 3 nitrogen and oxygen atoms in total. The van der Waals surface area contributed by atoms with Gasteiger partial charge in [0.1, 0.15) is 5.75 Å². The van der Waals surface area contributed by atoms with Crippen LogP contribution in [0.3, 0.4) is 0 Å². The second-order valence-electron chi connectivity index (χ2n) is 7.50. The zero-order valence-electron chi connectivity index (χ0n) is 14.4. The van der Waals surface area contributed by atoms with Crippen molar-refractivity contribution >= 4 is 11.5 Å². The van der Waals surface area contributed by atoms with E-state index < -0.39 is 0 Å².